The number of ether oxygens (including phenoxy) is 1. The van der Waals surface area contributed by atoms with Crippen LogP contribution in [0.4, 0.5) is 11.4 Å². The number of aromatic nitrogens is 2. The second-order valence-corrected chi connectivity index (χ2v) is 8.08. The molecule has 1 amide bonds. The number of amides is 1. The van der Waals surface area contributed by atoms with Crippen LogP contribution in [-0.4, -0.2) is 22.0 Å². The van der Waals surface area contributed by atoms with Gasteiger partial charge in [0, 0.05) is 26.8 Å². The minimum absolute atomic E-state index is 0.105. The van der Waals surface area contributed by atoms with Crippen molar-refractivity contribution in [3.05, 3.63) is 51.4 Å². The second-order valence-electron chi connectivity index (χ2n) is 6.39. The Morgan fingerprint density at radius 3 is 2.64 bits per heavy atom. The monoisotopic (exact) mass is 416 g/mol. The molecule has 1 atom stereocenters. The molecule has 8 heteroatoms. The Labute approximate surface area is 172 Å². The molecule has 0 fully saturated rings. The standard InChI is InChI=1S/C20H21ClN4O2S/c1-4-11(2)27-16-9-23-19(24-10-16)17-8-18(28-12(17)3)20(26)25-15-6-13(21)5-14(22)7-15/h5-11H,4,22H2,1-3H3,(H,25,26). The fourth-order valence-electron chi connectivity index (χ4n) is 2.52. The van der Waals surface area contributed by atoms with Crippen molar-refractivity contribution in [1.82, 2.24) is 9.97 Å². The molecule has 6 nitrogen and oxygen atoms in total. The van der Waals surface area contributed by atoms with Crippen LogP contribution in [0.3, 0.4) is 0 Å². The summed E-state index contributed by atoms with van der Waals surface area (Å²) in [6, 6.07) is 6.71. The summed E-state index contributed by atoms with van der Waals surface area (Å²) in [4.78, 5) is 22.9. The van der Waals surface area contributed by atoms with Crippen molar-refractivity contribution in [2.45, 2.75) is 33.3 Å². The molecule has 0 aliphatic carbocycles. The van der Waals surface area contributed by atoms with Crippen molar-refractivity contribution in [3.8, 4) is 17.1 Å². The average molecular weight is 417 g/mol. The first-order chi connectivity index (χ1) is 13.4. The summed E-state index contributed by atoms with van der Waals surface area (Å²) in [5, 5.41) is 3.28. The van der Waals surface area contributed by atoms with Crippen LogP contribution in [0.1, 0.15) is 34.8 Å². The van der Waals surface area contributed by atoms with Crippen LogP contribution in [-0.2, 0) is 0 Å². The van der Waals surface area contributed by atoms with Gasteiger partial charge in [-0.05, 0) is 44.5 Å². The lowest BCUT2D eigenvalue weighted by atomic mass is 10.2. The maximum atomic E-state index is 12.6. The van der Waals surface area contributed by atoms with Gasteiger partial charge in [0.05, 0.1) is 23.4 Å². The molecule has 2 aromatic heterocycles. The number of nitrogens with two attached hydrogens (primary N) is 1. The van der Waals surface area contributed by atoms with Crippen molar-refractivity contribution in [3.63, 3.8) is 0 Å². The summed E-state index contributed by atoms with van der Waals surface area (Å²) in [6.07, 6.45) is 4.32. The number of halogens is 1. The minimum Gasteiger partial charge on any atom is -0.487 e. The summed E-state index contributed by atoms with van der Waals surface area (Å²) in [5.41, 5.74) is 7.62. The number of aryl methyl sites for hydroxylation is 1. The molecule has 146 valence electrons. The van der Waals surface area contributed by atoms with Crippen LogP contribution in [0, 0.1) is 6.92 Å². The molecule has 0 aliphatic heterocycles. The maximum Gasteiger partial charge on any atom is 0.265 e. The molecule has 1 aromatic carbocycles. The van der Waals surface area contributed by atoms with Crippen LogP contribution >= 0.6 is 22.9 Å². The van der Waals surface area contributed by atoms with E-state index in [1.54, 1.807) is 36.7 Å². The van der Waals surface area contributed by atoms with E-state index in [1.807, 2.05) is 13.8 Å². The highest BCUT2D eigenvalue weighted by Gasteiger charge is 2.16. The highest BCUT2D eigenvalue weighted by Crippen LogP contribution is 2.30. The van der Waals surface area contributed by atoms with E-state index in [0.29, 0.717) is 32.8 Å². The van der Waals surface area contributed by atoms with Crippen LogP contribution in [0.5, 0.6) is 5.75 Å². The lowest BCUT2D eigenvalue weighted by molar-refractivity contribution is 0.103. The van der Waals surface area contributed by atoms with E-state index >= 15 is 0 Å². The average Bonchev–Trinajstić information content (AvgIpc) is 3.03. The van der Waals surface area contributed by atoms with Gasteiger partial charge in [0.1, 0.15) is 0 Å². The molecule has 2 heterocycles. The number of benzene rings is 1. The number of thiophene rings is 1. The van der Waals surface area contributed by atoms with E-state index in [2.05, 4.69) is 22.2 Å². The molecule has 0 saturated heterocycles. The third-order valence-corrected chi connectivity index (χ3v) is 5.37. The number of anilines is 2. The number of nitrogens with one attached hydrogen (secondary N) is 1. The Hall–Kier alpha value is -2.64. The van der Waals surface area contributed by atoms with Crippen LogP contribution in [0.25, 0.3) is 11.4 Å². The van der Waals surface area contributed by atoms with E-state index in [0.717, 1.165) is 16.9 Å². The fourth-order valence-corrected chi connectivity index (χ4v) is 3.68. The summed E-state index contributed by atoms with van der Waals surface area (Å²) >= 11 is 7.36. The first-order valence-electron chi connectivity index (χ1n) is 8.82. The van der Waals surface area contributed by atoms with E-state index < -0.39 is 0 Å². The summed E-state index contributed by atoms with van der Waals surface area (Å²) in [6.45, 7) is 5.98. The van der Waals surface area contributed by atoms with E-state index in [4.69, 9.17) is 22.1 Å². The summed E-state index contributed by atoms with van der Waals surface area (Å²) in [7, 11) is 0. The molecule has 0 radical (unpaired) electrons. The zero-order chi connectivity index (χ0) is 20.3. The quantitative estimate of drug-likeness (QED) is 0.540. The van der Waals surface area contributed by atoms with Crippen molar-refractivity contribution in [1.29, 1.82) is 0 Å². The van der Waals surface area contributed by atoms with Gasteiger partial charge >= 0.3 is 0 Å². The van der Waals surface area contributed by atoms with Crippen molar-refractivity contribution in [2.24, 2.45) is 0 Å². The molecule has 3 N–H and O–H groups in total. The van der Waals surface area contributed by atoms with Gasteiger partial charge in [-0.25, -0.2) is 9.97 Å². The Bertz CT molecular complexity index is 968. The Morgan fingerprint density at radius 1 is 1.29 bits per heavy atom. The van der Waals surface area contributed by atoms with Gasteiger partial charge in [0.25, 0.3) is 5.91 Å². The number of nitrogen functional groups attached to an aromatic ring is 1. The van der Waals surface area contributed by atoms with Crippen molar-refractivity contribution >= 4 is 40.2 Å². The van der Waals surface area contributed by atoms with Gasteiger partial charge in [0.15, 0.2) is 11.6 Å². The predicted molar refractivity (Wildman–Crippen MR) is 114 cm³/mol. The third kappa shape index (κ3) is 4.79. The zero-order valence-corrected chi connectivity index (χ0v) is 17.4. The molecule has 0 saturated carbocycles. The minimum atomic E-state index is -0.238. The van der Waals surface area contributed by atoms with Crippen LogP contribution < -0.4 is 15.8 Å². The molecule has 1 unspecified atom stereocenters. The first kappa shape index (κ1) is 20.1. The Balaban J connectivity index is 1.77. The molecule has 3 aromatic rings. The zero-order valence-electron chi connectivity index (χ0n) is 15.8. The van der Waals surface area contributed by atoms with E-state index in [-0.39, 0.29) is 12.0 Å². The molecule has 28 heavy (non-hydrogen) atoms. The number of carbonyl (C=O) groups excluding carboxylic acids is 1. The molecule has 0 bridgehead atoms. The predicted octanol–water partition coefficient (Wildman–Crippen LogP) is 5.18. The fraction of sp³-hybridized carbons (Fsp3) is 0.250. The third-order valence-electron chi connectivity index (χ3n) is 4.10. The second kappa shape index (κ2) is 8.58. The largest absolute Gasteiger partial charge is 0.487 e. The van der Waals surface area contributed by atoms with Gasteiger partial charge in [-0.3, -0.25) is 4.79 Å². The maximum absolute atomic E-state index is 12.6. The Morgan fingerprint density at radius 2 is 2.00 bits per heavy atom. The molecular weight excluding hydrogens is 396 g/mol. The number of rotatable bonds is 6. The number of hydrogen-bond acceptors (Lipinski definition) is 6. The molecule has 0 spiro atoms. The molecular formula is C20H21ClN4O2S. The van der Waals surface area contributed by atoms with Crippen LogP contribution in [0.2, 0.25) is 5.02 Å². The normalized spacial score (nSPS) is 11.9. The van der Waals surface area contributed by atoms with Crippen LogP contribution in [0.15, 0.2) is 36.7 Å². The first-order valence-corrected chi connectivity index (χ1v) is 10.0. The molecule has 0 aliphatic rings. The lowest BCUT2D eigenvalue weighted by Crippen LogP contribution is -2.10. The van der Waals surface area contributed by atoms with Gasteiger partial charge in [0.2, 0.25) is 0 Å². The van der Waals surface area contributed by atoms with Gasteiger partial charge in [-0.1, -0.05) is 18.5 Å². The molecule has 3 rings (SSSR count). The van der Waals surface area contributed by atoms with Gasteiger partial charge in [-0.15, -0.1) is 11.3 Å². The smallest absolute Gasteiger partial charge is 0.265 e. The highest BCUT2D eigenvalue weighted by molar-refractivity contribution is 7.14. The Kier molecular flexibility index (Phi) is 6.16. The topological polar surface area (TPSA) is 90.1 Å². The SMILES string of the molecule is CCC(C)Oc1cnc(-c2cc(C(=O)Nc3cc(N)cc(Cl)c3)sc2C)nc1. The highest BCUT2D eigenvalue weighted by atomic mass is 35.5. The van der Waals surface area contributed by atoms with Gasteiger partial charge < -0.3 is 15.8 Å². The number of nitrogens with zero attached hydrogens (tertiary/aromatic N) is 2. The van der Waals surface area contributed by atoms with Gasteiger partial charge in [-0.2, -0.15) is 0 Å². The number of hydrogen-bond donors (Lipinski definition) is 2. The number of carbonyl (C=O) groups is 1. The summed E-state index contributed by atoms with van der Waals surface area (Å²) < 4.78 is 5.71. The van der Waals surface area contributed by atoms with E-state index in [9.17, 15) is 4.79 Å². The van der Waals surface area contributed by atoms with E-state index in [1.165, 1.54) is 11.3 Å². The summed E-state index contributed by atoms with van der Waals surface area (Å²) in [5.74, 6) is 0.941. The van der Waals surface area contributed by atoms with Crippen molar-refractivity contribution < 1.29 is 9.53 Å². The van der Waals surface area contributed by atoms with Crippen molar-refractivity contribution in [2.75, 3.05) is 11.1 Å². The lowest BCUT2D eigenvalue weighted by Gasteiger charge is -2.11.